The zero-order valence-electron chi connectivity index (χ0n) is 13.4. The molecule has 0 heterocycles. The molecule has 1 rings (SSSR count). The number of nitrogens with one attached hydrogen (secondary N) is 1. The van der Waals surface area contributed by atoms with Gasteiger partial charge in [0.15, 0.2) is 12.4 Å². The first-order chi connectivity index (χ1) is 11.4. The summed E-state index contributed by atoms with van der Waals surface area (Å²) in [6.45, 7) is 0.615. The van der Waals surface area contributed by atoms with E-state index in [0.717, 1.165) is 5.56 Å². The molecule has 0 fully saturated rings. The van der Waals surface area contributed by atoms with Gasteiger partial charge in [-0.2, -0.15) is 0 Å². The number of hydrogen-bond donors (Lipinski definition) is 3. The predicted molar refractivity (Wildman–Crippen MR) is 84.9 cm³/mol. The molecule has 1 amide bonds. The van der Waals surface area contributed by atoms with E-state index in [0.29, 0.717) is 0 Å². The Labute approximate surface area is 139 Å². The van der Waals surface area contributed by atoms with Crippen LogP contribution in [0.25, 0.3) is 0 Å². The molecule has 24 heavy (non-hydrogen) atoms. The number of carbonyl (C=O) groups excluding carboxylic acids is 3. The number of ether oxygens (including phenoxy) is 2. The third-order valence-corrected chi connectivity index (χ3v) is 3.04. The number of benzene rings is 1. The van der Waals surface area contributed by atoms with E-state index in [1.807, 2.05) is 18.2 Å². The van der Waals surface area contributed by atoms with Crippen molar-refractivity contribution in [2.45, 2.75) is 32.0 Å². The lowest BCUT2D eigenvalue weighted by Crippen LogP contribution is -2.44. The Balaban J connectivity index is 2.47. The Morgan fingerprint density at radius 1 is 1.21 bits per heavy atom. The fourth-order valence-electron chi connectivity index (χ4n) is 1.72. The second kappa shape index (κ2) is 10.3. The first kappa shape index (κ1) is 19.6. The lowest BCUT2D eigenvalue weighted by molar-refractivity contribution is -0.149. The molecule has 0 radical (unpaired) electrons. The van der Waals surface area contributed by atoms with Crippen LogP contribution in [-0.4, -0.2) is 48.2 Å². The van der Waals surface area contributed by atoms with E-state index >= 15 is 0 Å². The van der Waals surface area contributed by atoms with Gasteiger partial charge >= 0.3 is 12.1 Å². The standard InChI is InChI=1S/C16H22N2O6/c1-11(17)15(21)23-10-14(20)13(7-8-19)18-16(22)24-9-12-5-3-2-4-6-12/h2-6,11,13,19H,7-10,17H2,1H3,(H,18,22)/t11-,13-/m0/s1. The summed E-state index contributed by atoms with van der Waals surface area (Å²) >= 11 is 0. The third-order valence-electron chi connectivity index (χ3n) is 3.04. The molecule has 1 aromatic carbocycles. The number of Topliss-reactive ketones (excluding diaryl/α,β-unsaturated/α-hetero) is 1. The normalized spacial score (nSPS) is 12.8. The quantitative estimate of drug-likeness (QED) is 0.546. The minimum atomic E-state index is -1.01. The van der Waals surface area contributed by atoms with Crippen molar-refractivity contribution in [1.29, 1.82) is 0 Å². The van der Waals surface area contributed by atoms with Crippen LogP contribution in [0.15, 0.2) is 30.3 Å². The minimum Gasteiger partial charge on any atom is -0.456 e. The molecule has 0 aliphatic rings. The van der Waals surface area contributed by atoms with E-state index < -0.39 is 36.5 Å². The number of aliphatic hydroxyl groups is 1. The van der Waals surface area contributed by atoms with Gasteiger partial charge in [-0.15, -0.1) is 0 Å². The van der Waals surface area contributed by atoms with Crippen molar-refractivity contribution in [2.24, 2.45) is 5.73 Å². The zero-order chi connectivity index (χ0) is 17.9. The molecule has 0 saturated carbocycles. The van der Waals surface area contributed by atoms with E-state index in [-0.39, 0.29) is 19.6 Å². The van der Waals surface area contributed by atoms with Gasteiger partial charge in [0.05, 0.1) is 6.04 Å². The Kier molecular flexibility index (Phi) is 8.45. The van der Waals surface area contributed by atoms with Crippen LogP contribution in [0.2, 0.25) is 0 Å². The number of rotatable bonds is 9. The average molecular weight is 338 g/mol. The number of ketones is 1. The number of carbonyl (C=O) groups is 3. The van der Waals surface area contributed by atoms with Crippen LogP contribution in [0.5, 0.6) is 0 Å². The van der Waals surface area contributed by atoms with Crippen molar-refractivity contribution in [1.82, 2.24) is 5.32 Å². The Morgan fingerprint density at radius 3 is 2.46 bits per heavy atom. The number of alkyl carbamates (subject to hydrolysis) is 1. The molecule has 0 bridgehead atoms. The van der Waals surface area contributed by atoms with Gasteiger partial charge in [0.2, 0.25) is 0 Å². The molecular formula is C16H22N2O6. The highest BCUT2D eigenvalue weighted by Gasteiger charge is 2.23. The number of amides is 1. The summed E-state index contributed by atoms with van der Waals surface area (Å²) < 4.78 is 9.72. The van der Waals surface area contributed by atoms with Gasteiger partial charge in [-0.3, -0.25) is 9.59 Å². The number of nitrogens with two attached hydrogens (primary N) is 1. The van der Waals surface area contributed by atoms with Crippen LogP contribution in [0.3, 0.4) is 0 Å². The third kappa shape index (κ3) is 7.21. The lowest BCUT2D eigenvalue weighted by atomic mass is 10.1. The van der Waals surface area contributed by atoms with Crippen molar-refractivity contribution < 1.29 is 29.0 Å². The monoisotopic (exact) mass is 338 g/mol. The predicted octanol–water partition coefficient (Wildman–Crippen LogP) is 0.123. The van der Waals surface area contributed by atoms with Gasteiger partial charge in [0.25, 0.3) is 0 Å². The van der Waals surface area contributed by atoms with E-state index in [4.69, 9.17) is 20.3 Å². The summed E-state index contributed by atoms with van der Waals surface area (Å²) in [5.41, 5.74) is 6.11. The number of aliphatic hydroxyl groups excluding tert-OH is 1. The van der Waals surface area contributed by atoms with Crippen molar-refractivity contribution in [2.75, 3.05) is 13.2 Å². The molecule has 0 spiro atoms. The summed E-state index contributed by atoms with van der Waals surface area (Å²) in [4.78, 5) is 35.0. The van der Waals surface area contributed by atoms with E-state index in [9.17, 15) is 14.4 Å². The summed E-state index contributed by atoms with van der Waals surface area (Å²) in [5.74, 6) is -1.28. The molecule has 0 saturated heterocycles. The molecule has 0 unspecified atom stereocenters. The first-order valence-corrected chi connectivity index (χ1v) is 7.47. The van der Waals surface area contributed by atoms with Gasteiger partial charge in [-0.1, -0.05) is 30.3 Å². The lowest BCUT2D eigenvalue weighted by Gasteiger charge is -2.17. The zero-order valence-corrected chi connectivity index (χ0v) is 13.4. The molecule has 2 atom stereocenters. The van der Waals surface area contributed by atoms with Gasteiger partial charge in [0.1, 0.15) is 12.6 Å². The maximum absolute atomic E-state index is 12.0. The smallest absolute Gasteiger partial charge is 0.408 e. The van der Waals surface area contributed by atoms with Gasteiger partial charge in [-0.25, -0.2) is 4.79 Å². The van der Waals surface area contributed by atoms with Crippen LogP contribution in [0.4, 0.5) is 4.79 Å². The topological polar surface area (TPSA) is 128 Å². The Bertz CT molecular complexity index is 547. The highest BCUT2D eigenvalue weighted by molar-refractivity contribution is 5.90. The Morgan fingerprint density at radius 2 is 1.88 bits per heavy atom. The highest BCUT2D eigenvalue weighted by Crippen LogP contribution is 2.02. The summed E-state index contributed by atoms with van der Waals surface area (Å²) in [6, 6.07) is 7.16. The van der Waals surface area contributed by atoms with Crippen LogP contribution in [0, 0.1) is 0 Å². The second-order valence-corrected chi connectivity index (χ2v) is 5.13. The molecule has 132 valence electrons. The van der Waals surface area contributed by atoms with E-state index in [2.05, 4.69) is 5.32 Å². The summed E-state index contributed by atoms with van der Waals surface area (Å²) in [7, 11) is 0. The van der Waals surface area contributed by atoms with E-state index in [1.54, 1.807) is 12.1 Å². The number of esters is 1. The van der Waals surface area contributed by atoms with Crippen molar-refractivity contribution in [3.05, 3.63) is 35.9 Å². The molecule has 0 aliphatic carbocycles. The van der Waals surface area contributed by atoms with E-state index in [1.165, 1.54) is 6.92 Å². The fraction of sp³-hybridized carbons (Fsp3) is 0.438. The SMILES string of the molecule is C[C@H](N)C(=O)OCC(=O)[C@H](CCO)NC(=O)OCc1ccccc1. The first-order valence-electron chi connectivity index (χ1n) is 7.47. The minimum absolute atomic E-state index is 0.0188. The van der Waals surface area contributed by atoms with Crippen molar-refractivity contribution in [3.63, 3.8) is 0 Å². The second-order valence-electron chi connectivity index (χ2n) is 5.13. The van der Waals surface area contributed by atoms with Crippen LogP contribution in [0.1, 0.15) is 18.9 Å². The maximum atomic E-state index is 12.0. The number of hydrogen-bond acceptors (Lipinski definition) is 7. The van der Waals surface area contributed by atoms with Crippen LogP contribution < -0.4 is 11.1 Å². The van der Waals surface area contributed by atoms with Gasteiger partial charge < -0.3 is 25.6 Å². The van der Waals surface area contributed by atoms with Crippen LogP contribution >= 0.6 is 0 Å². The van der Waals surface area contributed by atoms with Crippen molar-refractivity contribution in [3.8, 4) is 0 Å². The van der Waals surface area contributed by atoms with Gasteiger partial charge in [0, 0.05) is 6.61 Å². The summed E-state index contributed by atoms with van der Waals surface area (Å²) in [6.07, 6.45) is -0.821. The van der Waals surface area contributed by atoms with Crippen molar-refractivity contribution >= 4 is 17.8 Å². The molecule has 0 aromatic heterocycles. The average Bonchev–Trinajstić information content (AvgIpc) is 2.58. The molecule has 8 heteroatoms. The largest absolute Gasteiger partial charge is 0.456 e. The molecule has 0 aliphatic heterocycles. The van der Waals surface area contributed by atoms with Crippen LogP contribution in [-0.2, 0) is 25.7 Å². The van der Waals surface area contributed by atoms with Gasteiger partial charge in [-0.05, 0) is 18.9 Å². The molecule has 4 N–H and O–H groups in total. The Hall–Kier alpha value is -2.45. The maximum Gasteiger partial charge on any atom is 0.408 e. The fourth-order valence-corrected chi connectivity index (χ4v) is 1.72. The summed E-state index contributed by atoms with van der Waals surface area (Å²) in [5, 5.41) is 11.3. The molecule has 1 aromatic rings. The molecule has 8 nitrogen and oxygen atoms in total. The highest BCUT2D eigenvalue weighted by atomic mass is 16.5. The molecular weight excluding hydrogens is 316 g/mol.